The number of pyridine rings is 2. The average Bonchev–Trinajstić information content (AvgIpc) is 2.88. The first-order valence-electron chi connectivity index (χ1n) is 11.8. The summed E-state index contributed by atoms with van der Waals surface area (Å²) in [6, 6.07) is 17.9. The van der Waals surface area contributed by atoms with Gasteiger partial charge in [-0.2, -0.15) is 0 Å². The molecule has 0 unspecified atom stereocenters. The maximum atomic E-state index is 13.2. The van der Waals surface area contributed by atoms with E-state index in [2.05, 4.69) is 38.8 Å². The number of aliphatic hydroxyl groups excluding tert-OH is 1. The first kappa shape index (κ1) is 22.3. The van der Waals surface area contributed by atoms with Crippen LogP contribution in [-0.2, 0) is 0 Å². The zero-order chi connectivity index (χ0) is 23.3. The van der Waals surface area contributed by atoms with Crippen LogP contribution in [0.25, 0.3) is 0 Å². The number of amides is 1. The molecule has 2 aliphatic heterocycles. The Bertz CT molecular complexity index is 1170. The van der Waals surface area contributed by atoms with Crippen LogP contribution in [0.5, 0.6) is 0 Å². The molecule has 2 saturated heterocycles. The van der Waals surface area contributed by atoms with Gasteiger partial charge in [0.2, 0.25) is 0 Å². The highest BCUT2D eigenvalue weighted by molar-refractivity contribution is 5.93. The van der Waals surface area contributed by atoms with Crippen molar-refractivity contribution in [2.45, 2.75) is 30.8 Å². The summed E-state index contributed by atoms with van der Waals surface area (Å²) < 4.78 is 0. The number of carbonyl (C=O) groups excluding carboxylic acids is 1. The highest BCUT2D eigenvalue weighted by Crippen LogP contribution is 2.42. The molecule has 1 amide bonds. The van der Waals surface area contributed by atoms with E-state index < -0.39 is 0 Å². The molecule has 3 atom stereocenters. The number of aliphatic hydroxyl groups is 1. The number of hydrogen-bond acceptors (Lipinski definition) is 5. The van der Waals surface area contributed by atoms with Gasteiger partial charge in [0.1, 0.15) is 5.69 Å². The normalized spacial score (nSPS) is 22.4. The molecule has 0 spiro atoms. The number of fused-ring (bicyclic) bond motifs is 1. The van der Waals surface area contributed by atoms with Gasteiger partial charge in [0.25, 0.3) is 5.91 Å². The van der Waals surface area contributed by atoms with Crippen LogP contribution in [0, 0.1) is 11.8 Å². The fraction of sp³-hybridized carbons (Fsp3) is 0.321. The van der Waals surface area contributed by atoms with Gasteiger partial charge in [-0.15, -0.1) is 0 Å². The Kier molecular flexibility index (Phi) is 6.66. The summed E-state index contributed by atoms with van der Waals surface area (Å²) >= 11 is 0. The summed E-state index contributed by atoms with van der Waals surface area (Å²) in [4.78, 5) is 25.9. The Morgan fingerprint density at radius 3 is 2.59 bits per heavy atom. The van der Waals surface area contributed by atoms with E-state index in [9.17, 15) is 9.90 Å². The molecule has 6 heteroatoms. The minimum atomic E-state index is 0.0290. The van der Waals surface area contributed by atoms with E-state index >= 15 is 0 Å². The predicted octanol–water partition coefficient (Wildman–Crippen LogP) is 2.94. The van der Waals surface area contributed by atoms with Crippen molar-refractivity contribution < 1.29 is 9.90 Å². The molecule has 0 aliphatic carbocycles. The number of carbonyl (C=O) groups is 1. The minimum absolute atomic E-state index is 0.0290. The standard InChI is InChI=1S/C28H28N4O2/c33-20-26-27(22-11-8-21(9-12-22)10-13-24-7-1-2-15-30-24)25-19-31(16-3-4-17-32(25)26)28(34)23-6-5-14-29-18-23/h1-2,5-9,11-12,14-15,18,25-27,33H,3-4,16-17,19-20H2/t25-,26-,27+/m0/s1. The van der Waals surface area contributed by atoms with Crippen LogP contribution in [0.15, 0.2) is 73.2 Å². The monoisotopic (exact) mass is 452 g/mol. The quantitative estimate of drug-likeness (QED) is 0.619. The number of aromatic nitrogens is 2. The zero-order valence-electron chi connectivity index (χ0n) is 19.0. The lowest BCUT2D eigenvalue weighted by Crippen LogP contribution is -2.67. The molecule has 34 heavy (non-hydrogen) atoms. The summed E-state index contributed by atoms with van der Waals surface area (Å²) in [6.45, 7) is 2.46. The lowest BCUT2D eigenvalue weighted by atomic mass is 9.74. The third-order valence-electron chi connectivity index (χ3n) is 6.86. The topological polar surface area (TPSA) is 69.6 Å². The number of benzene rings is 1. The molecule has 2 aromatic heterocycles. The van der Waals surface area contributed by atoms with E-state index in [1.54, 1.807) is 24.7 Å². The van der Waals surface area contributed by atoms with Crippen LogP contribution in [0.3, 0.4) is 0 Å². The highest BCUT2D eigenvalue weighted by atomic mass is 16.3. The zero-order valence-corrected chi connectivity index (χ0v) is 19.0. The molecule has 1 aromatic carbocycles. The average molecular weight is 453 g/mol. The van der Waals surface area contributed by atoms with E-state index in [0.29, 0.717) is 12.1 Å². The fourth-order valence-electron chi connectivity index (χ4n) is 5.16. The van der Waals surface area contributed by atoms with Crippen molar-refractivity contribution in [2.24, 2.45) is 0 Å². The second kappa shape index (κ2) is 10.2. The number of rotatable bonds is 3. The second-order valence-electron chi connectivity index (χ2n) is 8.87. The number of nitrogens with zero attached hydrogens (tertiary/aromatic N) is 4. The molecular formula is C28H28N4O2. The summed E-state index contributed by atoms with van der Waals surface area (Å²) in [5, 5.41) is 10.2. The SMILES string of the molecule is O=C(c1cccnc1)N1CCCCN2[C@@H](CO)[C@H](c3ccc(C#Cc4ccccn4)cc3)[C@@H]2C1. The third kappa shape index (κ3) is 4.58. The van der Waals surface area contributed by atoms with Crippen LogP contribution in [0.4, 0.5) is 0 Å². The molecule has 6 nitrogen and oxygen atoms in total. The van der Waals surface area contributed by atoms with Crippen molar-refractivity contribution in [3.63, 3.8) is 0 Å². The van der Waals surface area contributed by atoms with Crippen LogP contribution in [-0.4, -0.2) is 69.1 Å². The molecule has 0 radical (unpaired) electrons. The van der Waals surface area contributed by atoms with Gasteiger partial charge in [0.05, 0.1) is 12.2 Å². The van der Waals surface area contributed by atoms with Gasteiger partial charge in [0.15, 0.2) is 0 Å². The fourth-order valence-corrected chi connectivity index (χ4v) is 5.16. The van der Waals surface area contributed by atoms with E-state index in [-0.39, 0.29) is 30.5 Å². The summed E-state index contributed by atoms with van der Waals surface area (Å²) in [6.07, 6.45) is 7.03. The van der Waals surface area contributed by atoms with E-state index in [1.165, 1.54) is 5.56 Å². The van der Waals surface area contributed by atoms with Gasteiger partial charge in [-0.25, -0.2) is 4.98 Å². The highest BCUT2D eigenvalue weighted by Gasteiger charge is 2.49. The third-order valence-corrected chi connectivity index (χ3v) is 6.86. The lowest BCUT2D eigenvalue weighted by Gasteiger charge is -2.57. The van der Waals surface area contributed by atoms with Crippen molar-refractivity contribution in [2.75, 3.05) is 26.2 Å². The minimum Gasteiger partial charge on any atom is -0.395 e. The summed E-state index contributed by atoms with van der Waals surface area (Å²) in [5.41, 5.74) is 3.48. The molecule has 172 valence electrons. The predicted molar refractivity (Wildman–Crippen MR) is 130 cm³/mol. The van der Waals surface area contributed by atoms with Crippen LogP contribution in [0.1, 0.15) is 45.9 Å². The molecule has 0 saturated carbocycles. The largest absolute Gasteiger partial charge is 0.395 e. The van der Waals surface area contributed by atoms with Crippen LogP contribution in [0.2, 0.25) is 0 Å². The van der Waals surface area contributed by atoms with Crippen molar-refractivity contribution in [3.8, 4) is 11.8 Å². The number of hydrogen-bond donors (Lipinski definition) is 1. The van der Waals surface area contributed by atoms with Crippen LogP contribution < -0.4 is 0 Å². The van der Waals surface area contributed by atoms with Crippen molar-refractivity contribution in [1.29, 1.82) is 0 Å². The van der Waals surface area contributed by atoms with Crippen molar-refractivity contribution in [3.05, 3.63) is 95.6 Å². The molecule has 2 fully saturated rings. The van der Waals surface area contributed by atoms with Crippen LogP contribution >= 0.6 is 0 Å². The van der Waals surface area contributed by atoms with Crippen molar-refractivity contribution >= 4 is 5.91 Å². The molecule has 5 rings (SSSR count). The van der Waals surface area contributed by atoms with E-state index in [0.717, 1.165) is 37.2 Å². The Hall–Kier alpha value is -3.53. The van der Waals surface area contributed by atoms with Gasteiger partial charge in [0, 0.05) is 55.2 Å². The second-order valence-corrected chi connectivity index (χ2v) is 8.87. The first-order valence-corrected chi connectivity index (χ1v) is 11.8. The van der Waals surface area contributed by atoms with E-state index in [4.69, 9.17) is 0 Å². The summed E-state index contributed by atoms with van der Waals surface area (Å²) in [5.74, 6) is 6.47. The maximum absolute atomic E-state index is 13.2. The van der Waals surface area contributed by atoms with Gasteiger partial charge >= 0.3 is 0 Å². The van der Waals surface area contributed by atoms with Gasteiger partial charge in [-0.1, -0.05) is 24.1 Å². The van der Waals surface area contributed by atoms with Gasteiger partial charge in [-0.05, 0) is 67.3 Å². The molecule has 0 bridgehead atoms. The molecule has 1 N–H and O–H groups in total. The van der Waals surface area contributed by atoms with Crippen molar-refractivity contribution in [1.82, 2.24) is 19.8 Å². The molecule has 4 heterocycles. The Labute approximate surface area is 200 Å². The molecular weight excluding hydrogens is 424 g/mol. The Morgan fingerprint density at radius 2 is 1.85 bits per heavy atom. The lowest BCUT2D eigenvalue weighted by molar-refractivity contribution is -0.0606. The Morgan fingerprint density at radius 1 is 1.00 bits per heavy atom. The summed E-state index contributed by atoms with van der Waals surface area (Å²) in [7, 11) is 0. The first-order chi connectivity index (χ1) is 16.7. The molecule has 3 aromatic rings. The Balaban J connectivity index is 1.35. The molecule has 2 aliphatic rings. The van der Waals surface area contributed by atoms with E-state index in [1.807, 2.05) is 41.3 Å². The maximum Gasteiger partial charge on any atom is 0.255 e. The van der Waals surface area contributed by atoms with Gasteiger partial charge in [-0.3, -0.25) is 14.7 Å². The smallest absolute Gasteiger partial charge is 0.255 e. The van der Waals surface area contributed by atoms with Gasteiger partial charge < -0.3 is 10.0 Å².